The molecule has 1 heterocycles. The first-order valence-corrected chi connectivity index (χ1v) is 6.45. The molecular formula is C13H20N4O. The fourth-order valence-corrected chi connectivity index (χ4v) is 2.61. The molecule has 1 aliphatic carbocycles. The van der Waals surface area contributed by atoms with Crippen molar-refractivity contribution in [3.05, 3.63) is 11.3 Å². The number of aryl methyl sites for hydroxylation is 2. The van der Waals surface area contributed by atoms with Crippen LogP contribution in [0.1, 0.15) is 36.9 Å². The van der Waals surface area contributed by atoms with Crippen molar-refractivity contribution in [1.82, 2.24) is 15.1 Å². The second-order valence-corrected chi connectivity index (χ2v) is 4.84. The molecule has 98 valence electrons. The third-order valence-electron chi connectivity index (χ3n) is 3.62. The van der Waals surface area contributed by atoms with Crippen LogP contribution in [0.4, 0.5) is 0 Å². The summed E-state index contributed by atoms with van der Waals surface area (Å²) in [4.78, 5) is 0. The van der Waals surface area contributed by atoms with E-state index in [2.05, 4.69) is 16.5 Å². The first-order valence-electron chi connectivity index (χ1n) is 6.45. The third-order valence-corrected chi connectivity index (χ3v) is 3.62. The molecule has 1 aliphatic rings. The van der Waals surface area contributed by atoms with Gasteiger partial charge in [0, 0.05) is 13.1 Å². The molecule has 1 fully saturated rings. The largest absolute Gasteiger partial charge is 0.472 e. The van der Waals surface area contributed by atoms with Crippen LogP contribution in [0, 0.1) is 18.3 Å². The van der Waals surface area contributed by atoms with Crippen LogP contribution in [0.2, 0.25) is 0 Å². The van der Waals surface area contributed by atoms with Gasteiger partial charge in [-0.1, -0.05) is 6.42 Å². The highest BCUT2D eigenvalue weighted by molar-refractivity contribution is 5.42. The van der Waals surface area contributed by atoms with E-state index in [-0.39, 0.29) is 6.10 Å². The summed E-state index contributed by atoms with van der Waals surface area (Å²) in [6.07, 6.45) is 4.70. The predicted octanol–water partition coefficient (Wildman–Crippen LogP) is 1.51. The molecule has 0 spiro atoms. The topological polar surface area (TPSA) is 62.9 Å². The number of hydrogen-bond donors (Lipinski definition) is 1. The van der Waals surface area contributed by atoms with Gasteiger partial charge in [-0.05, 0) is 33.2 Å². The normalized spacial score (nSPS) is 23.7. The molecule has 1 aromatic heterocycles. The lowest BCUT2D eigenvalue weighted by molar-refractivity contribution is 0.107. The standard InChI is InChI=1S/C13H20N4O/c1-9-10(8-14)13(17(3)16-9)18-12-7-5-4-6-11(12)15-2/h11-12,15H,4-7H2,1-3H3. The third kappa shape index (κ3) is 2.34. The maximum Gasteiger partial charge on any atom is 0.230 e. The Morgan fingerprint density at radius 3 is 2.83 bits per heavy atom. The number of nitrogens with one attached hydrogen (secondary N) is 1. The Bertz CT molecular complexity index is 460. The van der Waals surface area contributed by atoms with Crippen molar-refractivity contribution < 1.29 is 4.74 Å². The van der Waals surface area contributed by atoms with Crippen LogP contribution in [-0.4, -0.2) is 29.0 Å². The fraction of sp³-hybridized carbons (Fsp3) is 0.692. The van der Waals surface area contributed by atoms with E-state index in [0.29, 0.717) is 17.5 Å². The van der Waals surface area contributed by atoms with Crippen molar-refractivity contribution in [2.45, 2.75) is 44.8 Å². The van der Waals surface area contributed by atoms with Crippen LogP contribution < -0.4 is 10.1 Å². The average molecular weight is 248 g/mol. The summed E-state index contributed by atoms with van der Waals surface area (Å²) in [6.45, 7) is 1.84. The zero-order valence-corrected chi connectivity index (χ0v) is 11.2. The maximum atomic E-state index is 9.17. The molecule has 1 saturated carbocycles. The van der Waals surface area contributed by atoms with Crippen molar-refractivity contribution in [2.24, 2.45) is 7.05 Å². The highest BCUT2D eigenvalue weighted by Gasteiger charge is 2.27. The van der Waals surface area contributed by atoms with Gasteiger partial charge < -0.3 is 10.1 Å². The molecule has 0 saturated heterocycles. The van der Waals surface area contributed by atoms with Gasteiger partial charge in [-0.25, -0.2) is 4.68 Å². The number of likely N-dealkylation sites (N-methyl/N-ethyl adjacent to an activating group) is 1. The minimum atomic E-state index is 0.130. The molecule has 2 rings (SSSR count). The van der Waals surface area contributed by atoms with Gasteiger partial charge >= 0.3 is 0 Å². The van der Waals surface area contributed by atoms with Gasteiger partial charge in [0.05, 0.1) is 5.69 Å². The minimum Gasteiger partial charge on any atom is -0.472 e. The summed E-state index contributed by atoms with van der Waals surface area (Å²) < 4.78 is 7.71. The summed E-state index contributed by atoms with van der Waals surface area (Å²) in [5, 5.41) is 16.7. The Morgan fingerprint density at radius 1 is 1.44 bits per heavy atom. The molecule has 2 atom stereocenters. The van der Waals surface area contributed by atoms with Crippen LogP contribution in [-0.2, 0) is 7.05 Å². The first kappa shape index (κ1) is 12.9. The number of rotatable bonds is 3. The Balaban J connectivity index is 2.20. The van der Waals surface area contributed by atoms with Crippen molar-refractivity contribution >= 4 is 0 Å². The molecule has 1 aromatic rings. The van der Waals surface area contributed by atoms with Gasteiger partial charge in [-0.3, -0.25) is 0 Å². The van der Waals surface area contributed by atoms with E-state index >= 15 is 0 Å². The molecule has 0 amide bonds. The molecule has 1 N–H and O–H groups in total. The van der Waals surface area contributed by atoms with Gasteiger partial charge in [0.2, 0.25) is 5.88 Å². The molecule has 18 heavy (non-hydrogen) atoms. The van der Waals surface area contributed by atoms with Crippen molar-refractivity contribution in [3.8, 4) is 11.9 Å². The number of ether oxygens (including phenoxy) is 1. The Kier molecular flexibility index (Phi) is 3.87. The van der Waals surface area contributed by atoms with Crippen LogP contribution in [0.25, 0.3) is 0 Å². The molecule has 0 bridgehead atoms. The monoisotopic (exact) mass is 248 g/mol. The van der Waals surface area contributed by atoms with E-state index < -0.39 is 0 Å². The quantitative estimate of drug-likeness (QED) is 0.880. The summed E-state index contributed by atoms with van der Waals surface area (Å²) in [6, 6.07) is 2.54. The molecule has 5 nitrogen and oxygen atoms in total. The maximum absolute atomic E-state index is 9.17. The summed E-state index contributed by atoms with van der Waals surface area (Å²) in [7, 11) is 3.78. The Labute approximate surface area is 108 Å². The molecule has 2 unspecified atom stereocenters. The smallest absolute Gasteiger partial charge is 0.230 e. The van der Waals surface area contributed by atoms with Crippen molar-refractivity contribution in [3.63, 3.8) is 0 Å². The van der Waals surface area contributed by atoms with Gasteiger partial charge in [-0.2, -0.15) is 10.4 Å². The van der Waals surface area contributed by atoms with Crippen LogP contribution in [0.3, 0.4) is 0 Å². The highest BCUT2D eigenvalue weighted by atomic mass is 16.5. The highest BCUT2D eigenvalue weighted by Crippen LogP contribution is 2.27. The molecular weight excluding hydrogens is 228 g/mol. The number of nitriles is 1. The molecule has 0 radical (unpaired) electrons. The van der Waals surface area contributed by atoms with E-state index in [1.165, 1.54) is 12.8 Å². The second-order valence-electron chi connectivity index (χ2n) is 4.84. The van der Waals surface area contributed by atoms with Crippen LogP contribution in [0.15, 0.2) is 0 Å². The molecule has 5 heteroatoms. The van der Waals surface area contributed by atoms with E-state index in [1.807, 2.05) is 21.0 Å². The minimum absolute atomic E-state index is 0.130. The fourth-order valence-electron chi connectivity index (χ4n) is 2.61. The zero-order chi connectivity index (χ0) is 13.1. The number of nitrogens with zero attached hydrogens (tertiary/aromatic N) is 3. The average Bonchev–Trinajstić information content (AvgIpc) is 2.64. The van der Waals surface area contributed by atoms with Gasteiger partial charge in [0.25, 0.3) is 0 Å². The van der Waals surface area contributed by atoms with E-state index in [4.69, 9.17) is 10.00 Å². The van der Waals surface area contributed by atoms with E-state index in [9.17, 15) is 0 Å². The first-order chi connectivity index (χ1) is 8.67. The van der Waals surface area contributed by atoms with Crippen molar-refractivity contribution in [2.75, 3.05) is 7.05 Å². The molecule has 0 aromatic carbocycles. The van der Waals surface area contributed by atoms with E-state index in [0.717, 1.165) is 18.5 Å². The Hall–Kier alpha value is -1.54. The Morgan fingerprint density at radius 2 is 2.17 bits per heavy atom. The summed E-state index contributed by atoms with van der Waals surface area (Å²) >= 11 is 0. The number of hydrogen-bond acceptors (Lipinski definition) is 4. The molecule has 0 aliphatic heterocycles. The van der Waals surface area contributed by atoms with Gasteiger partial charge in [0.15, 0.2) is 0 Å². The lowest BCUT2D eigenvalue weighted by Crippen LogP contribution is -2.43. The predicted molar refractivity (Wildman–Crippen MR) is 68.4 cm³/mol. The van der Waals surface area contributed by atoms with E-state index in [1.54, 1.807) is 4.68 Å². The number of aromatic nitrogens is 2. The second kappa shape index (κ2) is 5.40. The lowest BCUT2D eigenvalue weighted by Gasteiger charge is -2.31. The summed E-state index contributed by atoms with van der Waals surface area (Å²) in [5.41, 5.74) is 1.28. The SMILES string of the molecule is CNC1CCCCC1Oc1c(C#N)c(C)nn1C. The summed E-state index contributed by atoms with van der Waals surface area (Å²) in [5.74, 6) is 0.599. The van der Waals surface area contributed by atoms with Crippen molar-refractivity contribution in [1.29, 1.82) is 5.26 Å². The van der Waals surface area contributed by atoms with Crippen LogP contribution in [0.5, 0.6) is 5.88 Å². The van der Waals surface area contributed by atoms with Crippen LogP contribution >= 0.6 is 0 Å². The van der Waals surface area contributed by atoms with Gasteiger partial charge in [-0.15, -0.1) is 0 Å². The lowest BCUT2D eigenvalue weighted by atomic mass is 9.92. The van der Waals surface area contributed by atoms with Gasteiger partial charge in [0.1, 0.15) is 17.7 Å². The zero-order valence-electron chi connectivity index (χ0n) is 11.2.